The summed E-state index contributed by atoms with van der Waals surface area (Å²) in [5, 5.41) is 2.89. The Bertz CT molecular complexity index is 801. The van der Waals surface area contributed by atoms with Crippen LogP contribution < -0.4 is 10.1 Å². The van der Waals surface area contributed by atoms with Gasteiger partial charge in [-0.2, -0.15) is 0 Å². The molecule has 26 heavy (non-hydrogen) atoms. The van der Waals surface area contributed by atoms with E-state index in [4.69, 9.17) is 4.74 Å². The highest BCUT2D eigenvalue weighted by atomic mass is 19.1. The monoisotopic (exact) mass is 356 g/mol. The van der Waals surface area contributed by atoms with Crippen LogP contribution in [0.25, 0.3) is 0 Å². The number of halogens is 1. The molecule has 1 fully saturated rings. The summed E-state index contributed by atoms with van der Waals surface area (Å²) in [6.07, 6.45) is 1.09. The highest BCUT2D eigenvalue weighted by Gasteiger charge is 2.29. The molecule has 0 aromatic heterocycles. The van der Waals surface area contributed by atoms with Crippen molar-refractivity contribution in [3.8, 4) is 5.75 Å². The van der Waals surface area contributed by atoms with Gasteiger partial charge in [0.1, 0.15) is 11.6 Å². The number of methoxy groups -OCH3 is 1. The normalized spacial score (nSPS) is 14.8. The number of hydrogen-bond donors (Lipinski definition) is 1. The first-order valence-electron chi connectivity index (χ1n) is 8.58. The summed E-state index contributed by atoms with van der Waals surface area (Å²) in [7, 11) is 1.55. The van der Waals surface area contributed by atoms with Gasteiger partial charge in [0.05, 0.1) is 18.4 Å². The molecule has 0 saturated carbocycles. The van der Waals surface area contributed by atoms with Crippen LogP contribution in [0.5, 0.6) is 5.75 Å². The molecule has 0 spiro atoms. The molecule has 0 radical (unpaired) electrons. The van der Waals surface area contributed by atoms with Crippen molar-refractivity contribution in [2.75, 3.05) is 25.5 Å². The first-order chi connectivity index (χ1) is 12.6. The first kappa shape index (κ1) is 17.9. The van der Waals surface area contributed by atoms with Gasteiger partial charge in [0.15, 0.2) is 0 Å². The minimum atomic E-state index is -0.520. The third kappa shape index (κ3) is 3.85. The van der Waals surface area contributed by atoms with Gasteiger partial charge in [-0.3, -0.25) is 9.59 Å². The Morgan fingerprint density at radius 2 is 1.73 bits per heavy atom. The standard InChI is InChI=1S/C20H21FN2O3/c1-26-18-9-5-4-8-17(18)22-19(24)14-10-12-23(13-11-14)20(25)15-6-2-3-7-16(15)21/h2-9,14H,10-13H2,1H3,(H,22,24). The maximum absolute atomic E-state index is 13.8. The quantitative estimate of drug-likeness (QED) is 0.914. The molecule has 0 aliphatic carbocycles. The second-order valence-electron chi connectivity index (χ2n) is 6.24. The largest absolute Gasteiger partial charge is 0.495 e. The van der Waals surface area contributed by atoms with Gasteiger partial charge in [-0.1, -0.05) is 24.3 Å². The Balaban J connectivity index is 1.59. The fourth-order valence-corrected chi connectivity index (χ4v) is 3.13. The Labute approximate surface area is 151 Å². The van der Waals surface area contributed by atoms with E-state index < -0.39 is 5.82 Å². The van der Waals surface area contributed by atoms with Crippen molar-refractivity contribution in [2.24, 2.45) is 5.92 Å². The number of para-hydroxylation sites is 2. The number of anilines is 1. The zero-order valence-corrected chi connectivity index (χ0v) is 14.6. The number of ether oxygens (including phenoxy) is 1. The fourth-order valence-electron chi connectivity index (χ4n) is 3.13. The van der Waals surface area contributed by atoms with Gasteiger partial charge in [0, 0.05) is 19.0 Å². The van der Waals surface area contributed by atoms with E-state index in [2.05, 4.69) is 5.32 Å². The summed E-state index contributed by atoms with van der Waals surface area (Å²) in [5.74, 6) is -0.523. The lowest BCUT2D eigenvalue weighted by atomic mass is 9.95. The first-order valence-corrected chi connectivity index (χ1v) is 8.58. The van der Waals surface area contributed by atoms with Crippen molar-refractivity contribution in [2.45, 2.75) is 12.8 Å². The molecule has 1 aliphatic heterocycles. The summed E-state index contributed by atoms with van der Waals surface area (Å²) < 4.78 is 19.0. The fraction of sp³-hybridized carbons (Fsp3) is 0.300. The number of rotatable bonds is 4. The van der Waals surface area contributed by atoms with Crippen LogP contribution in [0.15, 0.2) is 48.5 Å². The van der Waals surface area contributed by atoms with E-state index in [0.29, 0.717) is 37.4 Å². The molecule has 0 unspecified atom stereocenters. The van der Waals surface area contributed by atoms with E-state index in [0.717, 1.165) is 0 Å². The molecule has 6 heteroatoms. The molecule has 2 amide bonds. The van der Waals surface area contributed by atoms with Crippen LogP contribution in [-0.2, 0) is 4.79 Å². The number of carbonyl (C=O) groups excluding carboxylic acids is 2. The van der Waals surface area contributed by atoms with Gasteiger partial charge >= 0.3 is 0 Å². The highest BCUT2D eigenvalue weighted by molar-refractivity contribution is 5.96. The predicted octanol–water partition coefficient (Wildman–Crippen LogP) is 3.33. The number of hydrogen-bond acceptors (Lipinski definition) is 3. The van der Waals surface area contributed by atoms with Crippen molar-refractivity contribution in [1.82, 2.24) is 4.90 Å². The van der Waals surface area contributed by atoms with E-state index >= 15 is 0 Å². The molecular weight excluding hydrogens is 335 g/mol. The summed E-state index contributed by atoms with van der Waals surface area (Å²) in [4.78, 5) is 26.5. The average Bonchev–Trinajstić information content (AvgIpc) is 2.68. The Morgan fingerprint density at radius 3 is 2.42 bits per heavy atom. The minimum absolute atomic E-state index is 0.0735. The van der Waals surface area contributed by atoms with Gasteiger partial charge in [-0.05, 0) is 37.1 Å². The number of likely N-dealkylation sites (tertiary alicyclic amines) is 1. The molecule has 1 heterocycles. The molecule has 136 valence electrons. The van der Waals surface area contributed by atoms with Gasteiger partial charge in [0.2, 0.25) is 5.91 Å². The minimum Gasteiger partial charge on any atom is -0.495 e. The lowest BCUT2D eigenvalue weighted by molar-refractivity contribution is -0.121. The number of nitrogens with one attached hydrogen (secondary N) is 1. The van der Waals surface area contributed by atoms with Crippen molar-refractivity contribution in [3.05, 3.63) is 59.9 Å². The smallest absolute Gasteiger partial charge is 0.256 e. The summed E-state index contributed by atoms with van der Waals surface area (Å²) in [6.45, 7) is 0.856. The zero-order chi connectivity index (χ0) is 18.5. The second kappa shape index (κ2) is 7.99. The number of benzene rings is 2. The zero-order valence-electron chi connectivity index (χ0n) is 14.6. The van der Waals surface area contributed by atoms with Crippen LogP contribution in [0.3, 0.4) is 0 Å². The van der Waals surface area contributed by atoms with E-state index in [9.17, 15) is 14.0 Å². The van der Waals surface area contributed by atoms with Crippen LogP contribution in [-0.4, -0.2) is 36.9 Å². The van der Waals surface area contributed by atoms with E-state index in [-0.39, 0.29) is 23.3 Å². The van der Waals surface area contributed by atoms with Gasteiger partial charge in [-0.15, -0.1) is 0 Å². The molecule has 0 bridgehead atoms. The number of amides is 2. The van der Waals surface area contributed by atoms with Crippen LogP contribution in [0.4, 0.5) is 10.1 Å². The molecule has 5 nitrogen and oxygen atoms in total. The molecule has 0 atom stereocenters. The van der Waals surface area contributed by atoms with Crippen LogP contribution in [0.2, 0.25) is 0 Å². The molecule has 1 saturated heterocycles. The highest BCUT2D eigenvalue weighted by Crippen LogP contribution is 2.26. The maximum Gasteiger partial charge on any atom is 0.256 e. The SMILES string of the molecule is COc1ccccc1NC(=O)C1CCN(C(=O)c2ccccc2F)CC1. The molecule has 2 aromatic carbocycles. The summed E-state index contributed by atoms with van der Waals surface area (Å²) in [6, 6.07) is 13.2. The van der Waals surface area contributed by atoms with Gasteiger partial charge < -0.3 is 15.0 Å². The summed E-state index contributed by atoms with van der Waals surface area (Å²) >= 11 is 0. The van der Waals surface area contributed by atoms with Crippen molar-refractivity contribution < 1.29 is 18.7 Å². The second-order valence-corrected chi connectivity index (χ2v) is 6.24. The lowest BCUT2D eigenvalue weighted by Gasteiger charge is -2.31. The lowest BCUT2D eigenvalue weighted by Crippen LogP contribution is -2.41. The average molecular weight is 356 g/mol. The Kier molecular flexibility index (Phi) is 5.51. The van der Waals surface area contributed by atoms with Crippen LogP contribution in [0.1, 0.15) is 23.2 Å². The van der Waals surface area contributed by atoms with E-state index in [1.165, 1.54) is 12.1 Å². The molecule has 1 N–H and O–H groups in total. The third-order valence-corrected chi connectivity index (χ3v) is 4.62. The van der Waals surface area contributed by atoms with E-state index in [1.807, 2.05) is 12.1 Å². The Morgan fingerprint density at radius 1 is 1.08 bits per heavy atom. The number of piperidine rings is 1. The summed E-state index contributed by atoms with van der Waals surface area (Å²) in [5.41, 5.74) is 0.703. The molecular formula is C20H21FN2O3. The van der Waals surface area contributed by atoms with Crippen LogP contribution in [0, 0.1) is 11.7 Å². The van der Waals surface area contributed by atoms with Crippen LogP contribution >= 0.6 is 0 Å². The Hall–Kier alpha value is -2.89. The molecule has 3 rings (SSSR count). The van der Waals surface area contributed by atoms with Crippen molar-refractivity contribution in [1.29, 1.82) is 0 Å². The number of nitrogens with zero attached hydrogens (tertiary/aromatic N) is 1. The predicted molar refractivity (Wildman–Crippen MR) is 96.7 cm³/mol. The third-order valence-electron chi connectivity index (χ3n) is 4.62. The van der Waals surface area contributed by atoms with Crippen molar-refractivity contribution >= 4 is 17.5 Å². The number of carbonyl (C=O) groups is 2. The van der Waals surface area contributed by atoms with Gasteiger partial charge in [0.25, 0.3) is 5.91 Å². The molecule has 2 aromatic rings. The van der Waals surface area contributed by atoms with E-state index in [1.54, 1.807) is 36.3 Å². The van der Waals surface area contributed by atoms with Crippen molar-refractivity contribution in [3.63, 3.8) is 0 Å². The maximum atomic E-state index is 13.8. The topological polar surface area (TPSA) is 58.6 Å². The van der Waals surface area contributed by atoms with Gasteiger partial charge in [-0.25, -0.2) is 4.39 Å². The molecule has 1 aliphatic rings.